The average molecular weight is 533 g/mol. The average Bonchev–Trinajstić information content (AvgIpc) is 2.81. The smallest absolute Gasteiger partial charge is 0.313 e. The SMILES string of the molecule is C=C(C)C(CCC#CCO[Si](c1ccccc1)(c1ccccc1)C(C)(C)C)CC(=O)CC(=O)OC(C)(C)C. The molecule has 4 nitrogen and oxygen atoms in total. The van der Waals surface area contributed by atoms with Crippen LogP contribution in [0, 0.1) is 17.8 Å². The topological polar surface area (TPSA) is 52.6 Å². The molecule has 0 bridgehead atoms. The van der Waals surface area contributed by atoms with E-state index in [9.17, 15) is 9.59 Å². The van der Waals surface area contributed by atoms with E-state index in [0.717, 1.165) is 5.57 Å². The van der Waals surface area contributed by atoms with Gasteiger partial charge in [0.15, 0.2) is 0 Å². The van der Waals surface area contributed by atoms with Gasteiger partial charge in [-0.3, -0.25) is 9.59 Å². The molecule has 0 aliphatic rings. The van der Waals surface area contributed by atoms with Crippen molar-refractivity contribution in [3.8, 4) is 11.8 Å². The van der Waals surface area contributed by atoms with Gasteiger partial charge in [-0.2, -0.15) is 0 Å². The van der Waals surface area contributed by atoms with Crippen molar-refractivity contribution >= 4 is 30.4 Å². The van der Waals surface area contributed by atoms with Crippen LogP contribution < -0.4 is 10.4 Å². The van der Waals surface area contributed by atoms with Crippen molar-refractivity contribution in [1.29, 1.82) is 0 Å². The summed E-state index contributed by atoms with van der Waals surface area (Å²) in [6.07, 6.45) is 1.40. The van der Waals surface area contributed by atoms with Crippen molar-refractivity contribution in [2.45, 2.75) is 84.8 Å². The van der Waals surface area contributed by atoms with Crippen LogP contribution in [-0.2, 0) is 18.8 Å². The highest BCUT2D eigenvalue weighted by Gasteiger charge is 2.50. The van der Waals surface area contributed by atoms with Gasteiger partial charge in [0.1, 0.15) is 17.8 Å². The molecule has 204 valence electrons. The number of ketones is 1. The highest BCUT2D eigenvalue weighted by molar-refractivity contribution is 6.99. The second-order valence-corrected chi connectivity index (χ2v) is 16.2. The van der Waals surface area contributed by atoms with Gasteiger partial charge in [0.2, 0.25) is 0 Å². The quantitative estimate of drug-likeness (QED) is 0.113. The van der Waals surface area contributed by atoms with Crippen molar-refractivity contribution in [2.75, 3.05) is 6.61 Å². The molecule has 0 spiro atoms. The Kier molecular flexibility index (Phi) is 11.3. The second kappa shape index (κ2) is 13.7. The second-order valence-electron chi connectivity index (χ2n) is 11.9. The molecule has 0 radical (unpaired) electrons. The molecular weight excluding hydrogens is 488 g/mol. The monoisotopic (exact) mass is 532 g/mol. The van der Waals surface area contributed by atoms with Gasteiger partial charge in [0.25, 0.3) is 8.32 Å². The summed E-state index contributed by atoms with van der Waals surface area (Å²) in [6.45, 7) is 18.4. The summed E-state index contributed by atoms with van der Waals surface area (Å²) >= 11 is 0. The van der Waals surface area contributed by atoms with Gasteiger partial charge in [-0.1, -0.05) is 99.5 Å². The lowest BCUT2D eigenvalue weighted by atomic mass is 9.90. The minimum absolute atomic E-state index is 0.0168. The van der Waals surface area contributed by atoms with Crippen molar-refractivity contribution in [3.05, 3.63) is 72.8 Å². The summed E-state index contributed by atoms with van der Waals surface area (Å²) in [5, 5.41) is 2.36. The molecule has 0 saturated heterocycles. The van der Waals surface area contributed by atoms with Gasteiger partial charge in [-0.25, -0.2) is 0 Å². The zero-order valence-corrected chi connectivity index (χ0v) is 25.2. The molecule has 2 aromatic carbocycles. The Morgan fingerprint density at radius 3 is 1.87 bits per heavy atom. The van der Waals surface area contributed by atoms with E-state index in [4.69, 9.17) is 9.16 Å². The summed E-state index contributed by atoms with van der Waals surface area (Å²) < 4.78 is 12.1. The summed E-state index contributed by atoms with van der Waals surface area (Å²) in [5.74, 6) is 5.85. The van der Waals surface area contributed by atoms with Crippen molar-refractivity contribution < 1.29 is 18.8 Å². The summed E-state index contributed by atoms with van der Waals surface area (Å²) in [7, 11) is -2.61. The first-order valence-electron chi connectivity index (χ1n) is 13.4. The van der Waals surface area contributed by atoms with Gasteiger partial charge in [0.05, 0.1) is 6.61 Å². The molecule has 1 unspecified atom stereocenters. The van der Waals surface area contributed by atoms with E-state index in [1.807, 2.05) is 19.1 Å². The van der Waals surface area contributed by atoms with E-state index in [1.54, 1.807) is 20.8 Å². The Hall–Kier alpha value is -2.94. The minimum atomic E-state index is -2.61. The Labute approximate surface area is 231 Å². The number of carbonyl (C=O) groups excluding carboxylic acids is 2. The number of benzene rings is 2. The lowest BCUT2D eigenvalue weighted by molar-refractivity contribution is -0.156. The number of esters is 1. The highest BCUT2D eigenvalue weighted by Crippen LogP contribution is 2.36. The zero-order valence-electron chi connectivity index (χ0n) is 24.2. The fourth-order valence-electron chi connectivity index (χ4n) is 4.70. The number of hydrogen-bond donors (Lipinski definition) is 0. The first-order valence-corrected chi connectivity index (χ1v) is 15.3. The molecule has 2 rings (SSSR count). The van der Waals surface area contributed by atoms with E-state index in [2.05, 4.69) is 87.7 Å². The molecule has 0 fully saturated rings. The summed E-state index contributed by atoms with van der Waals surface area (Å²) in [5.41, 5.74) is 0.324. The Morgan fingerprint density at radius 1 is 0.895 bits per heavy atom. The molecule has 0 N–H and O–H groups in total. The highest BCUT2D eigenvalue weighted by atomic mass is 28.4. The Morgan fingerprint density at radius 2 is 1.42 bits per heavy atom. The summed E-state index contributed by atoms with van der Waals surface area (Å²) in [4.78, 5) is 24.5. The van der Waals surface area contributed by atoms with Gasteiger partial charge in [-0.05, 0) is 55.4 Å². The molecule has 1 atom stereocenters. The third-order valence-corrected chi connectivity index (χ3v) is 11.4. The van der Waals surface area contributed by atoms with E-state index < -0.39 is 19.9 Å². The van der Waals surface area contributed by atoms with Crippen LogP contribution in [0.4, 0.5) is 0 Å². The minimum Gasteiger partial charge on any atom is -0.460 e. The lowest BCUT2D eigenvalue weighted by Gasteiger charge is -2.42. The predicted molar refractivity (Wildman–Crippen MR) is 159 cm³/mol. The molecule has 0 aliphatic heterocycles. The van der Waals surface area contributed by atoms with Gasteiger partial charge in [-0.15, -0.1) is 5.92 Å². The van der Waals surface area contributed by atoms with Crippen LogP contribution >= 0.6 is 0 Å². The number of rotatable bonds is 11. The van der Waals surface area contributed by atoms with Crippen molar-refractivity contribution in [2.24, 2.45) is 5.92 Å². The van der Waals surface area contributed by atoms with Crippen LogP contribution in [0.15, 0.2) is 72.8 Å². The standard InChI is InChI=1S/C33H44O4Si/c1-26(2)27(24-28(34)25-31(35)37-32(3,4)5)18-12-11-17-23-36-38(33(6,7)8,29-19-13-9-14-20-29)30-21-15-10-16-22-30/h9-10,13-16,19-22,27H,1,12,18,23-25H2,2-8H3. The van der Waals surface area contributed by atoms with Crippen LogP contribution in [-0.4, -0.2) is 32.3 Å². The molecule has 0 aromatic heterocycles. The van der Waals surface area contributed by atoms with Crippen LogP contribution in [0.1, 0.15) is 74.1 Å². The molecule has 0 amide bonds. The molecule has 38 heavy (non-hydrogen) atoms. The molecular formula is C33H44O4Si. The number of allylic oxidation sites excluding steroid dienone is 1. The van der Waals surface area contributed by atoms with E-state index in [0.29, 0.717) is 19.4 Å². The van der Waals surface area contributed by atoms with Crippen LogP contribution in [0.5, 0.6) is 0 Å². The number of Topliss-reactive ketones (excluding diaryl/α,β-unsaturated/α-hetero) is 1. The third kappa shape index (κ3) is 9.11. The Bertz CT molecular complexity index is 1090. The first kappa shape index (κ1) is 31.3. The van der Waals surface area contributed by atoms with Gasteiger partial charge < -0.3 is 9.16 Å². The van der Waals surface area contributed by atoms with E-state index in [1.165, 1.54) is 10.4 Å². The van der Waals surface area contributed by atoms with Gasteiger partial charge in [0, 0.05) is 12.8 Å². The number of ether oxygens (including phenoxy) is 1. The maximum atomic E-state index is 12.5. The molecule has 0 saturated carbocycles. The zero-order chi connectivity index (χ0) is 28.4. The number of hydrogen-bond acceptors (Lipinski definition) is 4. The third-order valence-electron chi connectivity index (χ3n) is 6.45. The molecule has 0 aliphatic carbocycles. The first-order chi connectivity index (χ1) is 17.8. The normalized spacial score (nSPS) is 12.7. The molecule has 5 heteroatoms. The fraction of sp³-hybridized carbons (Fsp3) is 0.455. The number of carbonyl (C=O) groups is 2. The van der Waals surface area contributed by atoms with E-state index >= 15 is 0 Å². The fourth-order valence-corrected chi connectivity index (χ4v) is 9.14. The summed E-state index contributed by atoms with van der Waals surface area (Å²) in [6, 6.07) is 21.0. The van der Waals surface area contributed by atoms with Crippen LogP contribution in [0.2, 0.25) is 5.04 Å². The van der Waals surface area contributed by atoms with Crippen LogP contribution in [0.3, 0.4) is 0 Å². The maximum absolute atomic E-state index is 12.5. The van der Waals surface area contributed by atoms with Crippen molar-refractivity contribution in [1.82, 2.24) is 0 Å². The largest absolute Gasteiger partial charge is 0.460 e. The lowest BCUT2D eigenvalue weighted by Crippen LogP contribution is -2.66. The van der Waals surface area contributed by atoms with Gasteiger partial charge >= 0.3 is 5.97 Å². The van der Waals surface area contributed by atoms with E-state index in [-0.39, 0.29) is 29.6 Å². The molecule has 0 heterocycles. The maximum Gasteiger partial charge on any atom is 0.313 e. The van der Waals surface area contributed by atoms with Crippen LogP contribution in [0.25, 0.3) is 0 Å². The Balaban J connectivity index is 2.07. The molecule has 2 aromatic rings. The van der Waals surface area contributed by atoms with Crippen molar-refractivity contribution in [3.63, 3.8) is 0 Å². The predicted octanol–water partition coefficient (Wildman–Crippen LogP) is 6.23.